The molecule has 9 heteroatoms. The van der Waals surface area contributed by atoms with Gasteiger partial charge in [0.25, 0.3) is 5.91 Å². The molecule has 1 aromatic rings. The first-order chi connectivity index (χ1) is 13.6. The summed E-state index contributed by atoms with van der Waals surface area (Å²) in [6, 6.07) is 8.07. The number of quaternary nitrogens is 1. The van der Waals surface area contributed by atoms with Crippen LogP contribution in [-0.2, 0) is 9.53 Å². The number of thiocarbonyl (C=S) groups is 1. The van der Waals surface area contributed by atoms with E-state index in [4.69, 9.17) is 40.2 Å². The topological polar surface area (TPSA) is 37.2 Å². The number of nitrogens with one attached hydrogen (secondary N) is 1. The standard InChI is InChI=1S/C19H23Cl2N3O2S2/c20-5-7-23(8-6-21)16-3-1-15(2-4-16)13-17-18(25)24(19(27)28-17)14-22-9-11-26-12-10-22/h1-4,13H,5-12,14H2/p+1/b17-13-. The summed E-state index contributed by atoms with van der Waals surface area (Å²) in [4.78, 5) is 18.7. The fourth-order valence-electron chi connectivity index (χ4n) is 3.18. The van der Waals surface area contributed by atoms with Crippen molar-refractivity contribution in [2.45, 2.75) is 0 Å². The van der Waals surface area contributed by atoms with Crippen LogP contribution >= 0.6 is 47.2 Å². The quantitative estimate of drug-likeness (QED) is 0.365. The summed E-state index contributed by atoms with van der Waals surface area (Å²) in [5.74, 6) is 1.09. The zero-order valence-corrected chi connectivity index (χ0v) is 18.7. The van der Waals surface area contributed by atoms with Crippen molar-refractivity contribution in [2.24, 2.45) is 0 Å². The molecule has 1 aromatic carbocycles. The second-order valence-corrected chi connectivity index (χ2v) is 9.02. The molecule has 1 amide bonds. The molecule has 0 radical (unpaired) electrons. The molecule has 3 rings (SSSR count). The van der Waals surface area contributed by atoms with Gasteiger partial charge in [-0.1, -0.05) is 36.1 Å². The molecule has 0 aromatic heterocycles. The third-order valence-electron chi connectivity index (χ3n) is 4.72. The lowest BCUT2D eigenvalue weighted by atomic mass is 10.1. The molecule has 2 heterocycles. The molecular weight excluding hydrogens is 437 g/mol. The molecule has 1 N–H and O–H groups in total. The first-order valence-corrected chi connectivity index (χ1v) is 11.6. The third-order valence-corrected chi connectivity index (χ3v) is 6.44. The monoisotopic (exact) mass is 460 g/mol. The minimum absolute atomic E-state index is 0.0102. The second kappa shape index (κ2) is 10.8. The van der Waals surface area contributed by atoms with Crippen LogP contribution in [0.5, 0.6) is 0 Å². The maximum absolute atomic E-state index is 12.8. The first kappa shape index (κ1) is 21.9. The fourth-order valence-corrected chi connectivity index (χ4v) is 4.85. The Morgan fingerprint density at radius 1 is 1.18 bits per heavy atom. The van der Waals surface area contributed by atoms with Crippen LogP contribution in [0.15, 0.2) is 29.2 Å². The van der Waals surface area contributed by atoms with E-state index in [0.717, 1.165) is 50.6 Å². The Morgan fingerprint density at radius 3 is 2.43 bits per heavy atom. The molecule has 0 spiro atoms. The van der Waals surface area contributed by atoms with Gasteiger partial charge in [0.1, 0.15) is 13.1 Å². The number of halogens is 2. The van der Waals surface area contributed by atoms with E-state index in [0.29, 0.717) is 27.7 Å². The molecule has 0 saturated carbocycles. The number of amides is 1. The van der Waals surface area contributed by atoms with Gasteiger partial charge >= 0.3 is 0 Å². The van der Waals surface area contributed by atoms with Gasteiger partial charge in [0, 0.05) is 30.5 Å². The van der Waals surface area contributed by atoms with E-state index in [1.54, 1.807) is 4.90 Å². The largest absolute Gasteiger partial charge is 0.370 e. The van der Waals surface area contributed by atoms with Gasteiger partial charge in [-0.2, -0.15) is 0 Å². The maximum atomic E-state index is 12.8. The predicted octanol–water partition coefficient (Wildman–Crippen LogP) is 2.04. The Bertz CT molecular complexity index is 718. The van der Waals surface area contributed by atoms with Gasteiger partial charge < -0.3 is 14.5 Å². The van der Waals surface area contributed by atoms with E-state index in [9.17, 15) is 4.79 Å². The number of morpholine rings is 1. The molecule has 28 heavy (non-hydrogen) atoms. The smallest absolute Gasteiger partial charge is 0.270 e. The highest BCUT2D eigenvalue weighted by atomic mass is 35.5. The molecule has 2 fully saturated rings. The fraction of sp³-hybridized carbons (Fsp3) is 0.474. The van der Waals surface area contributed by atoms with Crippen molar-refractivity contribution < 1.29 is 14.4 Å². The number of hydrogen-bond donors (Lipinski definition) is 1. The van der Waals surface area contributed by atoms with E-state index in [2.05, 4.69) is 4.90 Å². The van der Waals surface area contributed by atoms with Crippen molar-refractivity contribution in [3.8, 4) is 0 Å². The average molecular weight is 461 g/mol. The van der Waals surface area contributed by atoms with Crippen LogP contribution < -0.4 is 9.80 Å². The summed E-state index contributed by atoms with van der Waals surface area (Å²) in [6.45, 7) is 5.37. The number of alkyl halides is 2. The van der Waals surface area contributed by atoms with Crippen LogP contribution in [-0.4, -0.2) is 72.9 Å². The van der Waals surface area contributed by atoms with Gasteiger partial charge in [-0.05, 0) is 23.8 Å². The normalized spacial score (nSPS) is 19.6. The zero-order chi connectivity index (χ0) is 19.9. The highest BCUT2D eigenvalue weighted by Crippen LogP contribution is 2.32. The summed E-state index contributed by atoms with van der Waals surface area (Å²) < 4.78 is 6.01. The molecular formula is C19H24Cl2N3O2S2+. The summed E-state index contributed by atoms with van der Waals surface area (Å²) in [5.41, 5.74) is 2.04. The van der Waals surface area contributed by atoms with Crippen molar-refractivity contribution in [3.05, 3.63) is 34.7 Å². The Labute approximate surface area is 185 Å². The lowest BCUT2D eigenvalue weighted by Gasteiger charge is -2.27. The first-order valence-electron chi connectivity index (χ1n) is 9.26. The minimum atomic E-state index is -0.0102. The van der Waals surface area contributed by atoms with E-state index in [1.165, 1.54) is 16.7 Å². The number of thioether (sulfide) groups is 1. The van der Waals surface area contributed by atoms with Crippen LogP contribution in [0.25, 0.3) is 6.08 Å². The Hall–Kier alpha value is -0.830. The van der Waals surface area contributed by atoms with Gasteiger partial charge in [-0.25, -0.2) is 4.90 Å². The highest BCUT2D eigenvalue weighted by Gasteiger charge is 2.35. The minimum Gasteiger partial charge on any atom is -0.370 e. The molecule has 2 saturated heterocycles. The van der Waals surface area contributed by atoms with Crippen molar-refractivity contribution in [1.82, 2.24) is 4.90 Å². The third kappa shape index (κ3) is 5.62. The van der Waals surface area contributed by atoms with Gasteiger partial charge in [0.2, 0.25) is 0 Å². The predicted molar refractivity (Wildman–Crippen MR) is 121 cm³/mol. The lowest BCUT2D eigenvalue weighted by molar-refractivity contribution is -0.914. The number of carbonyl (C=O) groups is 1. The maximum Gasteiger partial charge on any atom is 0.270 e. The molecule has 0 aliphatic carbocycles. The number of carbonyl (C=O) groups excluding carboxylic acids is 1. The van der Waals surface area contributed by atoms with Gasteiger partial charge in [-0.3, -0.25) is 4.79 Å². The Morgan fingerprint density at radius 2 is 1.82 bits per heavy atom. The summed E-state index contributed by atoms with van der Waals surface area (Å²) in [6.07, 6.45) is 1.91. The molecule has 5 nitrogen and oxygen atoms in total. The van der Waals surface area contributed by atoms with E-state index in [-0.39, 0.29) is 5.91 Å². The zero-order valence-electron chi connectivity index (χ0n) is 15.5. The van der Waals surface area contributed by atoms with Crippen molar-refractivity contribution in [1.29, 1.82) is 0 Å². The molecule has 0 atom stereocenters. The number of nitrogens with zero attached hydrogens (tertiary/aromatic N) is 2. The summed E-state index contributed by atoms with van der Waals surface area (Å²) in [5, 5.41) is 0. The highest BCUT2D eigenvalue weighted by molar-refractivity contribution is 8.26. The van der Waals surface area contributed by atoms with Crippen LogP contribution in [0.4, 0.5) is 5.69 Å². The number of hydrogen-bond acceptors (Lipinski definition) is 5. The number of ether oxygens (including phenoxy) is 1. The molecule has 2 aliphatic rings. The van der Waals surface area contributed by atoms with E-state index >= 15 is 0 Å². The summed E-state index contributed by atoms with van der Waals surface area (Å²) >= 11 is 18.6. The van der Waals surface area contributed by atoms with Gasteiger partial charge in [-0.15, -0.1) is 23.2 Å². The molecule has 0 unspecified atom stereocenters. The Balaban J connectivity index is 1.67. The molecule has 2 aliphatic heterocycles. The van der Waals surface area contributed by atoms with Crippen LogP contribution in [0.3, 0.4) is 0 Å². The second-order valence-electron chi connectivity index (χ2n) is 6.59. The van der Waals surface area contributed by atoms with Crippen LogP contribution in [0.2, 0.25) is 0 Å². The van der Waals surface area contributed by atoms with Crippen LogP contribution in [0.1, 0.15) is 5.56 Å². The van der Waals surface area contributed by atoms with Crippen molar-refractivity contribution in [2.75, 3.05) is 62.7 Å². The van der Waals surface area contributed by atoms with E-state index in [1.807, 2.05) is 30.3 Å². The summed E-state index contributed by atoms with van der Waals surface area (Å²) in [7, 11) is 0. The number of anilines is 1. The number of benzene rings is 1. The van der Waals surface area contributed by atoms with E-state index < -0.39 is 0 Å². The SMILES string of the molecule is O=C1/C(=C/c2ccc(N(CCCl)CCCl)cc2)SC(=S)N1C[NH+]1CCOCC1. The Kier molecular flexibility index (Phi) is 8.44. The van der Waals surface area contributed by atoms with Gasteiger partial charge in [0.15, 0.2) is 11.0 Å². The number of rotatable bonds is 8. The molecule has 152 valence electrons. The molecule has 0 bridgehead atoms. The average Bonchev–Trinajstić information content (AvgIpc) is 2.97. The van der Waals surface area contributed by atoms with Gasteiger partial charge in [0.05, 0.1) is 18.1 Å². The van der Waals surface area contributed by atoms with Crippen LogP contribution in [0, 0.1) is 0 Å². The van der Waals surface area contributed by atoms with Crippen molar-refractivity contribution >= 4 is 69.2 Å². The van der Waals surface area contributed by atoms with Crippen molar-refractivity contribution in [3.63, 3.8) is 0 Å². The lowest BCUT2D eigenvalue weighted by Crippen LogP contribution is -3.15.